The van der Waals surface area contributed by atoms with Crippen molar-refractivity contribution in [2.24, 2.45) is 4.99 Å². The second-order valence-corrected chi connectivity index (χ2v) is 5.87. The van der Waals surface area contributed by atoms with E-state index in [9.17, 15) is 5.11 Å². The number of benzene rings is 2. The number of hydrogen-bond donors (Lipinski definition) is 3. The highest BCUT2D eigenvalue weighted by Crippen LogP contribution is 2.26. The van der Waals surface area contributed by atoms with Crippen LogP contribution in [-0.2, 0) is 13.0 Å². The molecule has 0 radical (unpaired) electrons. The molecule has 0 aliphatic rings. The normalized spacial score (nSPS) is 11.2. The Kier molecular flexibility index (Phi) is 7.14. The van der Waals surface area contributed by atoms with Crippen LogP contribution in [0.1, 0.15) is 23.6 Å². The van der Waals surface area contributed by atoms with Gasteiger partial charge in [-0.25, -0.2) is 4.99 Å². The molecule has 0 aliphatic heterocycles. The van der Waals surface area contributed by atoms with Gasteiger partial charge in [-0.1, -0.05) is 35.9 Å². The van der Waals surface area contributed by atoms with E-state index in [1.165, 1.54) is 11.1 Å². The SMILES string of the molecule is CCNC(=NCc1cccc(C)c1)NCCc1ccc(O)c(OC)c1. The standard InChI is InChI=1S/C20H27N3O2/c1-4-21-20(23-14-17-7-5-6-15(2)12-17)22-11-10-16-8-9-18(24)19(13-16)25-3/h5-9,12-13,24H,4,10-11,14H2,1-3H3,(H2,21,22,23). The van der Waals surface area contributed by atoms with Gasteiger partial charge < -0.3 is 20.5 Å². The van der Waals surface area contributed by atoms with Crippen LogP contribution in [0.5, 0.6) is 11.5 Å². The molecule has 0 unspecified atom stereocenters. The lowest BCUT2D eigenvalue weighted by Gasteiger charge is -2.12. The smallest absolute Gasteiger partial charge is 0.191 e. The molecule has 3 N–H and O–H groups in total. The van der Waals surface area contributed by atoms with E-state index in [1.807, 2.05) is 12.1 Å². The number of phenolic OH excluding ortho intramolecular Hbond substituents is 1. The monoisotopic (exact) mass is 341 g/mol. The predicted molar refractivity (Wildman–Crippen MR) is 102 cm³/mol. The summed E-state index contributed by atoms with van der Waals surface area (Å²) in [7, 11) is 1.55. The summed E-state index contributed by atoms with van der Waals surface area (Å²) in [6, 6.07) is 13.8. The lowest BCUT2D eigenvalue weighted by molar-refractivity contribution is 0.373. The Morgan fingerprint density at radius 3 is 2.68 bits per heavy atom. The van der Waals surface area contributed by atoms with Gasteiger partial charge in [-0.2, -0.15) is 0 Å². The van der Waals surface area contributed by atoms with E-state index in [-0.39, 0.29) is 5.75 Å². The average molecular weight is 341 g/mol. The fourth-order valence-corrected chi connectivity index (χ4v) is 2.53. The molecule has 5 heteroatoms. The van der Waals surface area contributed by atoms with Gasteiger partial charge in [0.25, 0.3) is 0 Å². The molecule has 0 aliphatic carbocycles. The fourth-order valence-electron chi connectivity index (χ4n) is 2.53. The predicted octanol–water partition coefficient (Wildman–Crippen LogP) is 3.01. The molecular weight excluding hydrogens is 314 g/mol. The third-order valence-corrected chi connectivity index (χ3v) is 3.80. The number of hydrogen-bond acceptors (Lipinski definition) is 3. The van der Waals surface area contributed by atoms with Crippen molar-refractivity contribution in [2.75, 3.05) is 20.2 Å². The molecule has 0 spiro atoms. The first kappa shape index (κ1) is 18.6. The van der Waals surface area contributed by atoms with Crippen LogP contribution in [0.25, 0.3) is 0 Å². The Morgan fingerprint density at radius 1 is 1.12 bits per heavy atom. The molecule has 2 aromatic carbocycles. The van der Waals surface area contributed by atoms with E-state index in [1.54, 1.807) is 13.2 Å². The molecule has 0 saturated heterocycles. The number of ether oxygens (including phenoxy) is 1. The fraction of sp³-hybridized carbons (Fsp3) is 0.350. The molecule has 25 heavy (non-hydrogen) atoms. The van der Waals surface area contributed by atoms with Crippen molar-refractivity contribution < 1.29 is 9.84 Å². The number of nitrogens with one attached hydrogen (secondary N) is 2. The average Bonchev–Trinajstić information content (AvgIpc) is 2.61. The molecule has 0 atom stereocenters. The lowest BCUT2D eigenvalue weighted by atomic mass is 10.1. The maximum atomic E-state index is 9.65. The number of nitrogens with zero attached hydrogens (tertiary/aromatic N) is 1. The molecule has 2 rings (SSSR count). The molecule has 0 heterocycles. The maximum Gasteiger partial charge on any atom is 0.191 e. The minimum absolute atomic E-state index is 0.160. The highest BCUT2D eigenvalue weighted by molar-refractivity contribution is 5.79. The molecule has 0 fully saturated rings. The Labute approximate surface area is 149 Å². The largest absolute Gasteiger partial charge is 0.504 e. The summed E-state index contributed by atoms with van der Waals surface area (Å²) in [5.41, 5.74) is 3.53. The molecule has 134 valence electrons. The summed E-state index contributed by atoms with van der Waals surface area (Å²) < 4.78 is 5.14. The molecule has 2 aromatic rings. The van der Waals surface area contributed by atoms with E-state index in [0.717, 1.165) is 31.0 Å². The van der Waals surface area contributed by atoms with Gasteiger partial charge in [-0.05, 0) is 43.5 Å². The van der Waals surface area contributed by atoms with Crippen molar-refractivity contribution in [3.63, 3.8) is 0 Å². The second kappa shape index (κ2) is 9.57. The van der Waals surface area contributed by atoms with E-state index in [4.69, 9.17) is 4.74 Å². The Morgan fingerprint density at radius 2 is 1.96 bits per heavy atom. The zero-order valence-electron chi connectivity index (χ0n) is 15.2. The summed E-state index contributed by atoms with van der Waals surface area (Å²) >= 11 is 0. The highest BCUT2D eigenvalue weighted by atomic mass is 16.5. The third-order valence-electron chi connectivity index (χ3n) is 3.80. The molecular formula is C20H27N3O2. The third kappa shape index (κ3) is 6.03. The molecule has 0 amide bonds. The van der Waals surface area contributed by atoms with Crippen LogP contribution in [0.3, 0.4) is 0 Å². The number of rotatable bonds is 7. The summed E-state index contributed by atoms with van der Waals surface area (Å²) in [5, 5.41) is 16.2. The number of aromatic hydroxyl groups is 1. The van der Waals surface area contributed by atoms with Gasteiger partial charge in [0.2, 0.25) is 0 Å². The van der Waals surface area contributed by atoms with Crippen molar-refractivity contribution in [3.05, 3.63) is 59.2 Å². The summed E-state index contributed by atoms with van der Waals surface area (Å²) in [6.07, 6.45) is 0.811. The van der Waals surface area contributed by atoms with E-state index in [0.29, 0.717) is 12.3 Å². The first-order valence-electron chi connectivity index (χ1n) is 8.56. The van der Waals surface area contributed by atoms with E-state index in [2.05, 4.69) is 53.7 Å². The highest BCUT2D eigenvalue weighted by Gasteiger charge is 2.03. The van der Waals surface area contributed by atoms with Gasteiger partial charge in [0.15, 0.2) is 17.5 Å². The van der Waals surface area contributed by atoms with Crippen LogP contribution >= 0.6 is 0 Å². The minimum Gasteiger partial charge on any atom is -0.504 e. The second-order valence-electron chi connectivity index (χ2n) is 5.87. The zero-order chi connectivity index (χ0) is 18.1. The van der Waals surface area contributed by atoms with Crippen LogP contribution in [0, 0.1) is 6.92 Å². The number of phenols is 1. The first-order valence-corrected chi connectivity index (χ1v) is 8.56. The van der Waals surface area contributed by atoms with Crippen molar-refractivity contribution >= 4 is 5.96 Å². The topological polar surface area (TPSA) is 65.9 Å². The van der Waals surface area contributed by atoms with Gasteiger partial charge in [-0.15, -0.1) is 0 Å². The van der Waals surface area contributed by atoms with Crippen molar-refractivity contribution in [1.82, 2.24) is 10.6 Å². The van der Waals surface area contributed by atoms with E-state index >= 15 is 0 Å². The van der Waals surface area contributed by atoms with Crippen LogP contribution in [0.15, 0.2) is 47.5 Å². The molecule has 0 saturated carbocycles. The van der Waals surface area contributed by atoms with Crippen molar-refractivity contribution in [3.8, 4) is 11.5 Å². The van der Waals surface area contributed by atoms with E-state index < -0.39 is 0 Å². The van der Waals surface area contributed by atoms with Gasteiger partial charge in [0.1, 0.15) is 0 Å². The van der Waals surface area contributed by atoms with Crippen LogP contribution < -0.4 is 15.4 Å². The molecule has 5 nitrogen and oxygen atoms in total. The van der Waals surface area contributed by atoms with Crippen LogP contribution in [0.2, 0.25) is 0 Å². The van der Waals surface area contributed by atoms with Crippen LogP contribution in [-0.4, -0.2) is 31.3 Å². The van der Waals surface area contributed by atoms with Gasteiger partial charge >= 0.3 is 0 Å². The Hall–Kier alpha value is -2.69. The quantitative estimate of drug-likeness (QED) is 0.535. The summed E-state index contributed by atoms with van der Waals surface area (Å²) in [6.45, 7) is 6.33. The van der Waals surface area contributed by atoms with Gasteiger partial charge in [0, 0.05) is 13.1 Å². The maximum absolute atomic E-state index is 9.65. The van der Waals surface area contributed by atoms with Crippen molar-refractivity contribution in [2.45, 2.75) is 26.8 Å². The number of aryl methyl sites for hydroxylation is 1. The van der Waals surface area contributed by atoms with Crippen LogP contribution in [0.4, 0.5) is 0 Å². The van der Waals surface area contributed by atoms with Crippen molar-refractivity contribution in [1.29, 1.82) is 0 Å². The van der Waals surface area contributed by atoms with Gasteiger partial charge in [-0.3, -0.25) is 0 Å². The molecule has 0 aromatic heterocycles. The zero-order valence-corrected chi connectivity index (χ0v) is 15.2. The van der Waals surface area contributed by atoms with Gasteiger partial charge in [0.05, 0.1) is 13.7 Å². The summed E-state index contributed by atoms with van der Waals surface area (Å²) in [5.74, 6) is 1.46. The Bertz CT molecular complexity index is 714. The number of guanidine groups is 1. The Balaban J connectivity index is 1.91. The lowest BCUT2D eigenvalue weighted by Crippen LogP contribution is -2.38. The first-order chi connectivity index (χ1) is 12.1. The minimum atomic E-state index is 0.160. The summed E-state index contributed by atoms with van der Waals surface area (Å²) in [4.78, 5) is 4.63. The molecule has 0 bridgehead atoms. The number of methoxy groups -OCH3 is 1. The number of aliphatic imine (C=N–C) groups is 1.